The quantitative estimate of drug-likeness (QED) is 0.817. The zero-order chi connectivity index (χ0) is 19.2. The average molecular weight is 368 g/mol. The summed E-state index contributed by atoms with van der Waals surface area (Å²) in [6, 6.07) is 10.6. The molecule has 2 heterocycles. The number of piperazine rings is 1. The van der Waals surface area contributed by atoms with Crippen molar-refractivity contribution in [2.75, 3.05) is 45.2 Å². The number of amides is 1. The monoisotopic (exact) mass is 368 g/mol. The average Bonchev–Trinajstić information content (AvgIpc) is 2.73. The summed E-state index contributed by atoms with van der Waals surface area (Å²) < 4.78 is 4.80. The Hall–Kier alpha value is -2.93. The van der Waals surface area contributed by atoms with Gasteiger partial charge in [0.05, 0.1) is 30.2 Å². The van der Waals surface area contributed by atoms with E-state index in [-0.39, 0.29) is 5.91 Å². The van der Waals surface area contributed by atoms with Crippen LogP contribution < -0.4 is 5.32 Å². The first-order valence-corrected chi connectivity index (χ1v) is 9.04. The fourth-order valence-electron chi connectivity index (χ4n) is 3.06. The maximum Gasteiger partial charge on any atom is 0.339 e. The Kier molecular flexibility index (Phi) is 6.03. The van der Waals surface area contributed by atoms with Gasteiger partial charge in [0.2, 0.25) is 0 Å². The van der Waals surface area contributed by atoms with Gasteiger partial charge in [-0.1, -0.05) is 19.1 Å². The lowest BCUT2D eigenvalue weighted by Crippen LogP contribution is -2.48. The van der Waals surface area contributed by atoms with Crippen LogP contribution in [-0.4, -0.2) is 66.5 Å². The Morgan fingerprint density at radius 3 is 2.48 bits per heavy atom. The molecule has 1 amide bonds. The highest BCUT2D eigenvalue weighted by atomic mass is 16.5. The fourth-order valence-corrected chi connectivity index (χ4v) is 3.06. The minimum atomic E-state index is -0.413. The maximum atomic E-state index is 12.6. The predicted molar refractivity (Wildman–Crippen MR) is 103 cm³/mol. The lowest BCUT2D eigenvalue weighted by molar-refractivity contribution is 0.0600. The fraction of sp³-hybridized carbons (Fsp3) is 0.350. The number of methoxy groups -OCH3 is 1. The van der Waals surface area contributed by atoms with Crippen molar-refractivity contribution in [3.05, 3.63) is 53.9 Å². The number of rotatable bonds is 5. The lowest BCUT2D eigenvalue weighted by atomic mass is 10.1. The van der Waals surface area contributed by atoms with Gasteiger partial charge in [0.25, 0.3) is 5.91 Å². The van der Waals surface area contributed by atoms with E-state index in [9.17, 15) is 9.59 Å². The zero-order valence-electron chi connectivity index (χ0n) is 15.6. The summed E-state index contributed by atoms with van der Waals surface area (Å²) in [5, 5.41) is 3.15. The topological polar surface area (TPSA) is 74.8 Å². The van der Waals surface area contributed by atoms with Crippen molar-refractivity contribution in [3.8, 4) is 0 Å². The van der Waals surface area contributed by atoms with Crippen LogP contribution in [0.15, 0.2) is 42.6 Å². The number of pyridine rings is 1. The molecule has 0 atom stereocenters. The van der Waals surface area contributed by atoms with Gasteiger partial charge in [-0.3, -0.25) is 4.79 Å². The molecule has 1 N–H and O–H groups in total. The van der Waals surface area contributed by atoms with Crippen LogP contribution in [0.3, 0.4) is 0 Å². The molecular weight excluding hydrogens is 344 g/mol. The Labute approximate surface area is 158 Å². The number of nitrogens with one attached hydrogen (secondary N) is 1. The first-order chi connectivity index (χ1) is 13.1. The standard InChI is InChI=1S/C20H24N4O3/c1-3-23-10-12-24(13-11-23)19(25)18-9-8-15(14-21-18)22-17-7-5-4-6-16(17)20(26)27-2/h4-9,14,22H,3,10-13H2,1-2H3. The first-order valence-electron chi connectivity index (χ1n) is 9.04. The van der Waals surface area contributed by atoms with Crippen molar-refractivity contribution < 1.29 is 14.3 Å². The Morgan fingerprint density at radius 2 is 1.85 bits per heavy atom. The number of para-hydroxylation sites is 1. The summed E-state index contributed by atoms with van der Waals surface area (Å²) in [5.41, 5.74) is 2.18. The molecule has 7 heteroatoms. The summed E-state index contributed by atoms with van der Waals surface area (Å²) in [5.74, 6) is -0.462. The molecule has 1 aromatic carbocycles. The molecular formula is C20H24N4O3. The SMILES string of the molecule is CCN1CCN(C(=O)c2ccc(Nc3ccccc3C(=O)OC)cn2)CC1. The maximum absolute atomic E-state index is 12.6. The van der Waals surface area contributed by atoms with Gasteiger partial charge in [0.15, 0.2) is 0 Å². The summed E-state index contributed by atoms with van der Waals surface area (Å²) in [6.45, 7) is 6.37. The van der Waals surface area contributed by atoms with Gasteiger partial charge in [0.1, 0.15) is 5.69 Å². The minimum Gasteiger partial charge on any atom is -0.465 e. The van der Waals surface area contributed by atoms with Crippen molar-refractivity contribution >= 4 is 23.3 Å². The molecule has 27 heavy (non-hydrogen) atoms. The largest absolute Gasteiger partial charge is 0.465 e. The van der Waals surface area contributed by atoms with Crippen LogP contribution in [0.25, 0.3) is 0 Å². The molecule has 1 aliphatic rings. The molecule has 0 spiro atoms. The number of hydrogen-bond acceptors (Lipinski definition) is 6. The normalized spacial score (nSPS) is 14.7. The summed E-state index contributed by atoms with van der Waals surface area (Å²) in [4.78, 5) is 32.9. The number of anilines is 2. The predicted octanol–water partition coefficient (Wildman–Crippen LogP) is 2.39. The van der Waals surface area contributed by atoms with Crippen LogP contribution in [0.2, 0.25) is 0 Å². The molecule has 0 unspecified atom stereocenters. The van der Waals surface area contributed by atoms with E-state index in [1.807, 2.05) is 11.0 Å². The Morgan fingerprint density at radius 1 is 1.11 bits per heavy atom. The Balaban J connectivity index is 1.68. The molecule has 142 valence electrons. The van der Waals surface area contributed by atoms with E-state index in [0.717, 1.165) is 32.7 Å². The number of esters is 1. The highest BCUT2D eigenvalue weighted by Crippen LogP contribution is 2.21. The van der Waals surface area contributed by atoms with Crippen LogP contribution in [-0.2, 0) is 4.74 Å². The van der Waals surface area contributed by atoms with E-state index >= 15 is 0 Å². The second-order valence-corrected chi connectivity index (χ2v) is 6.32. The van der Waals surface area contributed by atoms with Crippen LogP contribution >= 0.6 is 0 Å². The van der Waals surface area contributed by atoms with Crippen molar-refractivity contribution in [1.29, 1.82) is 0 Å². The van der Waals surface area contributed by atoms with Crippen molar-refractivity contribution in [3.63, 3.8) is 0 Å². The first kappa shape index (κ1) is 18.8. The third kappa shape index (κ3) is 4.43. The summed E-state index contributed by atoms with van der Waals surface area (Å²) in [7, 11) is 1.35. The number of ether oxygens (including phenoxy) is 1. The highest BCUT2D eigenvalue weighted by molar-refractivity contribution is 5.96. The number of likely N-dealkylation sites (N-methyl/N-ethyl adjacent to an activating group) is 1. The van der Waals surface area contributed by atoms with E-state index in [4.69, 9.17) is 4.74 Å². The number of benzene rings is 1. The molecule has 7 nitrogen and oxygen atoms in total. The lowest BCUT2D eigenvalue weighted by Gasteiger charge is -2.33. The van der Waals surface area contributed by atoms with E-state index < -0.39 is 5.97 Å². The molecule has 0 saturated carbocycles. The van der Waals surface area contributed by atoms with Gasteiger partial charge >= 0.3 is 5.97 Å². The third-order valence-electron chi connectivity index (χ3n) is 4.70. The molecule has 1 fully saturated rings. The number of hydrogen-bond donors (Lipinski definition) is 1. The molecule has 3 rings (SSSR count). The van der Waals surface area contributed by atoms with Gasteiger partial charge in [-0.2, -0.15) is 0 Å². The van der Waals surface area contributed by atoms with Crippen LogP contribution in [0.1, 0.15) is 27.8 Å². The zero-order valence-corrected chi connectivity index (χ0v) is 15.6. The van der Waals surface area contributed by atoms with Gasteiger partial charge in [-0.05, 0) is 30.8 Å². The molecule has 1 saturated heterocycles. The van der Waals surface area contributed by atoms with Crippen molar-refractivity contribution in [1.82, 2.24) is 14.8 Å². The number of carbonyl (C=O) groups is 2. The molecule has 0 aliphatic carbocycles. The van der Waals surface area contributed by atoms with Gasteiger partial charge in [0, 0.05) is 26.2 Å². The van der Waals surface area contributed by atoms with Crippen molar-refractivity contribution in [2.24, 2.45) is 0 Å². The van der Waals surface area contributed by atoms with Gasteiger partial charge in [-0.15, -0.1) is 0 Å². The molecule has 0 bridgehead atoms. The van der Waals surface area contributed by atoms with Crippen LogP contribution in [0.4, 0.5) is 11.4 Å². The molecule has 0 radical (unpaired) electrons. The third-order valence-corrected chi connectivity index (χ3v) is 4.70. The van der Waals surface area contributed by atoms with E-state index in [1.54, 1.807) is 36.5 Å². The smallest absolute Gasteiger partial charge is 0.339 e. The second kappa shape index (κ2) is 8.64. The van der Waals surface area contributed by atoms with E-state index in [0.29, 0.717) is 22.6 Å². The van der Waals surface area contributed by atoms with Crippen LogP contribution in [0, 0.1) is 0 Å². The molecule has 1 aliphatic heterocycles. The second-order valence-electron chi connectivity index (χ2n) is 6.32. The van der Waals surface area contributed by atoms with Crippen molar-refractivity contribution in [2.45, 2.75) is 6.92 Å². The molecule has 2 aromatic rings. The van der Waals surface area contributed by atoms with Crippen LogP contribution in [0.5, 0.6) is 0 Å². The number of nitrogens with zero attached hydrogens (tertiary/aromatic N) is 3. The van der Waals surface area contributed by atoms with Gasteiger partial charge in [-0.25, -0.2) is 9.78 Å². The summed E-state index contributed by atoms with van der Waals surface area (Å²) >= 11 is 0. The van der Waals surface area contributed by atoms with Gasteiger partial charge < -0.3 is 19.9 Å². The minimum absolute atomic E-state index is 0.0488. The molecule has 1 aromatic heterocycles. The highest BCUT2D eigenvalue weighted by Gasteiger charge is 2.22. The van der Waals surface area contributed by atoms with E-state index in [2.05, 4.69) is 22.1 Å². The number of aromatic nitrogens is 1. The van der Waals surface area contributed by atoms with E-state index in [1.165, 1.54) is 7.11 Å². The number of carbonyl (C=O) groups excluding carboxylic acids is 2. The Bertz CT molecular complexity index is 799. The summed E-state index contributed by atoms with van der Waals surface area (Å²) in [6.07, 6.45) is 1.60.